The van der Waals surface area contributed by atoms with Crippen LogP contribution in [0, 0.1) is 0 Å². The zero-order valence-electron chi connectivity index (χ0n) is 30.8. The van der Waals surface area contributed by atoms with Crippen molar-refractivity contribution in [2.75, 3.05) is 0 Å². The predicted molar refractivity (Wildman–Crippen MR) is 240 cm³/mol. The molecule has 11 rings (SSSR count). The molecule has 0 atom stereocenters. The third-order valence-corrected chi connectivity index (χ3v) is 12.1. The number of nitrogens with zero attached hydrogens (tertiary/aromatic N) is 3. The zero-order valence-corrected chi connectivity index (χ0v) is 31.6. The molecule has 0 radical (unpaired) electrons. The van der Waals surface area contributed by atoms with E-state index in [4.69, 9.17) is 15.0 Å². The van der Waals surface area contributed by atoms with Gasteiger partial charge in [-0.05, 0) is 85.3 Å². The van der Waals surface area contributed by atoms with Gasteiger partial charge in [0.05, 0.1) is 0 Å². The molecule has 0 aliphatic heterocycles. The highest BCUT2D eigenvalue weighted by molar-refractivity contribution is 7.25. The van der Waals surface area contributed by atoms with E-state index in [1.54, 1.807) is 0 Å². The van der Waals surface area contributed by atoms with Gasteiger partial charge in [-0.25, -0.2) is 15.0 Å². The Kier molecular flexibility index (Phi) is 8.01. The Bertz CT molecular complexity index is 3230. The van der Waals surface area contributed by atoms with Crippen molar-refractivity contribution in [3.8, 4) is 67.5 Å². The summed E-state index contributed by atoms with van der Waals surface area (Å²) in [5.74, 6) is 1.93. The number of fused-ring (bicyclic) bond motifs is 5. The number of aromatic nitrogens is 3. The fourth-order valence-electron chi connectivity index (χ4n) is 8.06. The lowest BCUT2D eigenvalue weighted by molar-refractivity contribution is 1.07. The molecular weight excluding hydrogens is 711 g/mol. The van der Waals surface area contributed by atoms with E-state index < -0.39 is 0 Å². The van der Waals surface area contributed by atoms with Crippen molar-refractivity contribution in [1.29, 1.82) is 0 Å². The van der Waals surface area contributed by atoms with E-state index in [0.29, 0.717) is 17.5 Å². The first-order valence-corrected chi connectivity index (χ1v) is 20.0. The molecule has 9 aromatic carbocycles. The topological polar surface area (TPSA) is 38.7 Å². The minimum Gasteiger partial charge on any atom is -0.208 e. The minimum absolute atomic E-state index is 0.635. The van der Waals surface area contributed by atoms with Crippen molar-refractivity contribution in [3.05, 3.63) is 200 Å². The standard InChI is InChI=1S/C53H33N3S/c1-3-13-35(14-4-1)51-54-52(36-15-5-2-6-16-36)56-53(55-51)42-27-28-45(41-26-29-47-46-19-9-10-21-49(46)57-50(47)33-41)48(32-42)40-25-23-37-30-39(24-22-38(37)31-40)44-20-11-17-34-12-7-8-18-43(34)44/h1-33H. The average molecular weight is 744 g/mol. The summed E-state index contributed by atoms with van der Waals surface area (Å²) in [5.41, 5.74) is 9.87. The zero-order chi connectivity index (χ0) is 37.7. The van der Waals surface area contributed by atoms with E-state index in [2.05, 4.69) is 140 Å². The lowest BCUT2D eigenvalue weighted by Gasteiger charge is -2.15. The van der Waals surface area contributed by atoms with E-state index in [1.807, 2.05) is 72.0 Å². The van der Waals surface area contributed by atoms with Gasteiger partial charge in [-0.3, -0.25) is 0 Å². The lowest BCUT2D eigenvalue weighted by Crippen LogP contribution is -2.00. The van der Waals surface area contributed by atoms with Crippen molar-refractivity contribution in [2.24, 2.45) is 0 Å². The van der Waals surface area contributed by atoms with Gasteiger partial charge in [-0.1, -0.05) is 170 Å². The molecule has 0 unspecified atom stereocenters. The molecule has 0 aliphatic carbocycles. The van der Waals surface area contributed by atoms with Crippen LogP contribution >= 0.6 is 11.3 Å². The summed E-state index contributed by atoms with van der Waals surface area (Å²) in [5, 5.41) is 7.48. The first-order chi connectivity index (χ1) is 28.2. The highest BCUT2D eigenvalue weighted by Gasteiger charge is 2.17. The van der Waals surface area contributed by atoms with Crippen LogP contribution in [0.2, 0.25) is 0 Å². The predicted octanol–water partition coefficient (Wildman–Crippen LogP) is 14.5. The molecule has 3 nitrogen and oxygen atoms in total. The lowest BCUT2D eigenvalue weighted by atomic mass is 9.90. The Hall–Kier alpha value is -7.27. The maximum absolute atomic E-state index is 5.09. The molecule has 11 aromatic rings. The molecule has 0 N–H and O–H groups in total. The van der Waals surface area contributed by atoms with Crippen molar-refractivity contribution in [2.45, 2.75) is 0 Å². The number of thiophene rings is 1. The van der Waals surface area contributed by atoms with Crippen molar-refractivity contribution in [3.63, 3.8) is 0 Å². The Morgan fingerprint density at radius 3 is 1.51 bits per heavy atom. The summed E-state index contributed by atoms with van der Waals surface area (Å²) in [7, 11) is 0. The SMILES string of the molecule is c1ccc(-c2nc(-c3ccccc3)nc(-c3ccc(-c4ccc5c(c4)sc4ccccc45)c(-c4ccc5cc(-c6cccc7ccccc67)ccc5c4)c3)n2)cc1. The van der Waals surface area contributed by atoms with Crippen LogP contribution in [-0.2, 0) is 0 Å². The molecule has 0 amide bonds. The van der Waals surface area contributed by atoms with Gasteiger partial charge < -0.3 is 0 Å². The van der Waals surface area contributed by atoms with Gasteiger partial charge >= 0.3 is 0 Å². The monoisotopic (exact) mass is 743 g/mol. The Morgan fingerprint density at radius 1 is 0.263 bits per heavy atom. The van der Waals surface area contributed by atoms with E-state index in [9.17, 15) is 0 Å². The second kappa shape index (κ2) is 13.8. The van der Waals surface area contributed by atoms with Crippen molar-refractivity contribution >= 4 is 53.1 Å². The second-order valence-electron chi connectivity index (χ2n) is 14.4. The highest BCUT2D eigenvalue weighted by Crippen LogP contribution is 2.41. The van der Waals surface area contributed by atoms with Gasteiger partial charge in [0.25, 0.3) is 0 Å². The molecule has 2 heterocycles. The maximum atomic E-state index is 5.09. The molecule has 0 aliphatic rings. The smallest absolute Gasteiger partial charge is 0.164 e. The van der Waals surface area contributed by atoms with Gasteiger partial charge in [0.15, 0.2) is 17.5 Å². The molecule has 0 spiro atoms. The molecule has 0 bridgehead atoms. The first-order valence-electron chi connectivity index (χ1n) is 19.2. The highest BCUT2D eigenvalue weighted by atomic mass is 32.1. The van der Waals surface area contributed by atoms with Gasteiger partial charge in [0, 0.05) is 36.9 Å². The largest absolute Gasteiger partial charge is 0.208 e. The third kappa shape index (κ3) is 6.04. The first kappa shape index (κ1) is 33.1. The van der Waals surface area contributed by atoms with Gasteiger partial charge in [-0.2, -0.15) is 0 Å². The van der Waals surface area contributed by atoms with Crippen LogP contribution in [0.1, 0.15) is 0 Å². The van der Waals surface area contributed by atoms with Crippen molar-refractivity contribution < 1.29 is 0 Å². The number of rotatable bonds is 6. The fraction of sp³-hybridized carbons (Fsp3) is 0. The Labute approximate surface area is 334 Å². The molecule has 0 fully saturated rings. The maximum Gasteiger partial charge on any atom is 0.164 e. The number of hydrogen-bond acceptors (Lipinski definition) is 4. The quantitative estimate of drug-likeness (QED) is 0.170. The van der Waals surface area contributed by atoms with Crippen LogP contribution in [0.5, 0.6) is 0 Å². The summed E-state index contributed by atoms with van der Waals surface area (Å²) in [6.07, 6.45) is 0. The van der Waals surface area contributed by atoms with Gasteiger partial charge in [0.1, 0.15) is 0 Å². The Balaban J connectivity index is 1.09. The summed E-state index contributed by atoms with van der Waals surface area (Å²) in [4.78, 5) is 15.1. The van der Waals surface area contributed by atoms with Crippen molar-refractivity contribution in [1.82, 2.24) is 15.0 Å². The van der Waals surface area contributed by atoms with Crippen LogP contribution in [0.15, 0.2) is 200 Å². The van der Waals surface area contributed by atoms with E-state index in [1.165, 1.54) is 58.4 Å². The summed E-state index contributed by atoms with van der Waals surface area (Å²) in [6, 6.07) is 71.3. The van der Waals surface area contributed by atoms with Crippen LogP contribution in [-0.4, -0.2) is 15.0 Å². The van der Waals surface area contributed by atoms with E-state index in [0.717, 1.165) is 33.4 Å². The molecule has 0 saturated carbocycles. The fourth-order valence-corrected chi connectivity index (χ4v) is 9.21. The molecular formula is C53H33N3S. The summed E-state index contributed by atoms with van der Waals surface area (Å²) in [6.45, 7) is 0. The van der Waals surface area contributed by atoms with Gasteiger partial charge in [0.2, 0.25) is 0 Å². The van der Waals surface area contributed by atoms with E-state index in [-0.39, 0.29) is 0 Å². The minimum atomic E-state index is 0.635. The average Bonchev–Trinajstić information content (AvgIpc) is 3.67. The van der Waals surface area contributed by atoms with Crippen LogP contribution in [0.25, 0.3) is 109 Å². The molecule has 2 aromatic heterocycles. The van der Waals surface area contributed by atoms with Crippen LogP contribution in [0.3, 0.4) is 0 Å². The van der Waals surface area contributed by atoms with Crippen LogP contribution in [0.4, 0.5) is 0 Å². The number of hydrogen-bond donors (Lipinski definition) is 0. The number of benzene rings is 9. The summed E-state index contributed by atoms with van der Waals surface area (Å²) < 4.78 is 2.58. The molecule has 266 valence electrons. The van der Waals surface area contributed by atoms with Crippen LogP contribution < -0.4 is 0 Å². The molecule has 0 saturated heterocycles. The van der Waals surface area contributed by atoms with E-state index >= 15 is 0 Å². The molecule has 57 heavy (non-hydrogen) atoms. The normalized spacial score (nSPS) is 11.5. The molecule has 4 heteroatoms. The second-order valence-corrected chi connectivity index (χ2v) is 15.5. The summed E-state index contributed by atoms with van der Waals surface area (Å²) >= 11 is 1.85. The Morgan fingerprint density at radius 2 is 0.789 bits per heavy atom. The third-order valence-electron chi connectivity index (χ3n) is 10.9. The van der Waals surface area contributed by atoms with Gasteiger partial charge in [-0.15, -0.1) is 11.3 Å².